The fourth-order valence-corrected chi connectivity index (χ4v) is 2.68. The zero-order chi connectivity index (χ0) is 14.0. The summed E-state index contributed by atoms with van der Waals surface area (Å²) >= 11 is -1.09. The quantitative estimate of drug-likeness (QED) is 0.875. The summed E-state index contributed by atoms with van der Waals surface area (Å²) in [5.74, 6) is 0. The molecule has 1 aromatic heterocycles. The van der Waals surface area contributed by atoms with Crippen molar-refractivity contribution in [1.82, 2.24) is 9.71 Å². The lowest BCUT2D eigenvalue weighted by molar-refractivity contribution is 0.531. The molecule has 4 heteroatoms. The van der Waals surface area contributed by atoms with Gasteiger partial charge in [0.15, 0.2) is 0 Å². The number of benzene rings is 1. The summed E-state index contributed by atoms with van der Waals surface area (Å²) in [6, 6.07) is 10.1. The first-order valence-corrected chi connectivity index (χ1v) is 7.56. The number of pyridine rings is 1. The lowest BCUT2D eigenvalue weighted by atomic mass is 10.1. The minimum absolute atomic E-state index is 0.00124. The van der Waals surface area contributed by atoms with Crippen molar-refractivity contribution in [3.63, 3.8) is 0 Å². The Bertz CT molecular complexity index is 560. The van der Waals surface area contributed by atoms with E-state index in [0.29, 0.717) is 0 Å². The molecule has 0 saturated carbocycles. The molecular weight excluding hydrogens is 256 g/mol. The average Bonchev–Trinajstić information content (AvgIpc) is 2.36. The number of rotatable bonds is 3. The molecule has 0 aliphatic rings. The second-order valence-corrected chi connectivity index (χ2v) is 7.64. The standard InChI is InChI=1S/C15H20N2OS/c1-11(17-19(18)15(2,3)4)13-9-5-7-12-8-6-10-16-14(12)13/h5-11,17H,1-4H3/t11-,19?/m0/s1. The molecule has 0 fully saturated rings. The van der Waals surface area contributed by atoms with E-state index in [1.165, 1.54) is 0 Å². The molecule has 1 aromatic carbocycles. The second kappa shape index (κ2) is 5.49. The van der Waals surface area contributed by atoms with Gasteiger partial charge in [-0.25, -0.2) is 0 Å². The van der Waals surface area contributed by atoms with Crippen molar-refractivity contribution >= 4 is 22.3 Å². The highest BCUT2D eigenvalue weighted by Gasteiger charge is 2.28. The zero-order valence-corrected chi connectivity index (χ0v) is 12.6. The number of nitrogens with zero attached hydrogens (tertiary/aromatic N) is 1. The van der Waals surface area contributed by atoms with E-state index in [-0.39, 0.29) is 10.8 Å². The Morgan fingerprint density at radius 2 is 1.89 bits per heavy atom. The molecule has 0 bridgehead atoms. The van der Waals surface area contributed by atoms with Crippen LogP contribution >= 0.6 is 0 Å². The van der Waals surface area contributed by atoms with Gasteiger partial charge in [0, 0.05) is 22.9 Å². The molecule has 19 heavy (non-hydrogen) atoms. The van der Waals surface area contributed by atoms with Crippen LogP contribution in [0, 0.1) is 0 Å². The van der Waals surface area contributed by atoms with E-state index >= 15 is 0 Å². The van der Waals surface area contributed by atoms with E-state index in [2.05, 4.69) is 9.71 Å². The number of aromatic nitrogens is 1. The monoisotopic (exact) mass is 276 g/mol. The maximum absolute atomic E-state index is 12.2. The SMILES string of the molecule is C[C@H](N[S+]([O-])C(C)(C)C)c1cccc2cccnc12. The first kappa shape index (κ1) is 14.3. The maximum atomic E-state index is 12.2. The van der Waals surface area contributed by atoms with Gasteiger partial charge in [-0.05, 0) is 39.3 Å². The first-order chi connectivity index (χ1) is 8.89. The van der Waals surface area contributed by atoms with Crippen molar-refractivity contribution in [3.8, 4) is 0 Å². The van der Waals surface area contributed by atoms with Gasteiger partial charge in [-0.2, -0.15) is 0 Å². The highest BCUT2D eigenvalue weighted by Crippen LogP contribution is 2.24. The van der Waals surface area contributed by atoms with Gasteiger partial charge in [0.2, 0.25) is 0 Å². The number of fused-ring (bicyclic) bond motifs is 1. The van der Waals surface area contributed by atoms with Crippen LogP contribution in [0.25, 0.3) is 10.9 Å². The van der Waals surface area contributed by atoms with Crippen molar-refractivity contribution in [2.45, 2.75) is 38.5 Å². The van der Waals surface area contributed by atoms with Gasteiger partial charge in [0.1, 0.15) is 4.75 Å². The van der Waals surface area contributed by atoms with Crippen LogP contribution in [0.1, 0.15) is 39.3 Å². The van der Waals surface area contributed by atoms with Crippen molar-refractivity contribution in [3.05, 3.63) is 42.1 Å². The van der Waals surface area contributed by atoms with Crippen molar-refractivity contribution in [1.29, 1.82) is 0 Å². The fourth-order valence-electron chi connectivity index (χ4n) is 1.88. The number of hydrogen-bond donors (Lipinski definition) is 1. The predicted molar refractivity (Wildman–Crippen MR) is 81.2 cm³/mol. The molecule has 3 nitrogen and oxygen atoms in total. The Balaban J connectivity index is 2.29. The fraction of sp³-hybridized carbons (Fsp3) is 0.400. The molecule has 0 amide bonds. The molecule has 0 spiro atoms. The van der Waals surface area contributed by atoms with Gasteiger partial charge in [0.05, 0.1) is 11.6 Å². The van der Waals surface area contributed by atoms with Crippen LogP contribution in [0.3, 0.4) is 0 Å². The molecule has 102 valence electrons. The molecule has 2 aromatic rings. The maximum Gasteiger partial charge on any atom is 0.136 e. The Labute approximate surface area is 117 Å². The van der Waals surface area contributed by atoms with Crippen LogP contribution in [0.4, 0.5) is 0 Å². The first-order valence-electron chi connectivity index (χ1n) is 6.41. The highest BCUT2D eigenvalue weighted by molar-refractivity contribution is 7.90. The topological polar surface area (TPSA) is 48.0 Å². The normalized spacial score (nSPS) is 15.4. The summed E-state index contributed by atoms with van der Waals surface area (Å²) in [7, 11) is 0. The molecule has 0 aliphatic carbocycles. The summed E-state index contributed by atoms with van der Waals surface area (Å²) in [6.45, 7) is 7.91. The second-order valence-electron chi connectivity index (χ2n) is 5.64. The lowest BCUT2D eigenvalue weighted by Crippen LogP contribution is -2.40. The van der Waals surface area contributed by atoms with Gasteiger partial charge >= 0.3 is 0 Å². The van der Waals surface area contributed by atoms with Crippen LogP contribution in [-0.2, 0) is 11.4 Å². The molecule has 0 aliphatic heterocycles. The Kier molecular flexibility index (Phi) is 4.13. The molecule has 0 saturated heterocycles. The van der Waals surface area contributed by atoms with Crippen LogP contribution in [0.5, 0.6) is 0 Å². The number of para-hydroxylation sites is 1. The molecule has 0 radical (unpaired) electrons. The van der Waals surface area contributed by atoms with E-state index in [1.54, 1.807) is 6.20 Å². The van der Waals surface area contributed by atoms with Crippen LogP contribution in [0.15, 0.2) is 36.5 Å². The zero-order valence-electron chi connectivity index (χ0n) is 11.8. The Hall–Kier alpha value is -1.10. The smallest absolute Gasteiger partial charge is 0.136 e. The van der Waals surface area contributed by atoms with Gasteiger partial charge in [-0.15, -0.1) is 4.72 Å². The van der Waals surface area contributed by atoms with E-state index in [1.807, 2.05) is 58.0 Å². The number of hydrogen-bond acceptors (Lipinski definition) is 3. The van der Waals surface area contributed by atoms with Crippen LogP contribution < -0.4 is 4.72 Å². The third-order valence-electron chi connectivity index (χ3n) is 2.97. The van der Waals surface area contributed by atoms with Gasteiger partial charge < -0.3 is 4.55 Å². The molecule has 1 unspecified atom stereocenters. The largest absolute Gasteiger partial charge is 0.598 e. The summed E-state index contributed by atoms with van der Waals surface area (Å²) in [5, 5.41) is 1.11. The van der Waals surface area contributed by atoms with E-state index < -0.39 is 11.4 Å². The average molecular weight is 276 g/mol. The van der Waals surface area contributed by atoms with Gasteiger partial charge in [-0.3, -0.25) is 4.98 Å². The summed E-state index contributed by atoms with van der Waals surface area (Å²) in [5.41, 5.74) is 2.05. The predicted octanol–water partition coefficient (Wildman–Crippen LogP) is 3.35. The van der Waals surface area contributed by atoms with Crippen LogP contribution in [0.2, 0.25) is 0 Å². The third kappa shape index (κ3) is 3.26. The summed E-state index contributed by atoms with van der Waals surface area (Å²) in [4.78, 5) is 4.43. The summed E-state index contributed by atoms with van der Waals surface area (Å²) in [6.07, 6.45) is 1.79. The minimum atomic E-state index is -1.09. The molecular formula is C15H20N2OS. The van der Waals surface area contributed by atoms with E-state index in [4.69, 9.17) is 0 Å². The molecule has 1 heterocycles. The molecule has 2 rings (SSSR count). The molecule has 2 atom stereocenters. The minimum Gasteiger partial charge on any atom is -0.598 e. The van der Waals surface area contributed by atoms with Crippen LogP contribution in [-0.4, -0.2) is 14.3 Å². The molecule has 1 N–H and O–H groups in total. The van der Waals surface area contributed by atoms with Crippen molar-refractivity contribution in [2.75, 3.05) is 0 Å². The van der Waals surface area contributed by atoms with E-state index in [9.17, 15) is 4.55 Å². The third-order valence-corrected chi connectivity index (χ3v) is 4.65. The summed E-state index contributed by atoms with van der Waals surface area (Å²) < 4.78 is 15.1. The van der Waals surface area contributed by atoms with Crippen molar-refractivity contribution in [2.24, 2.45) is 0 Å². The Morgan fingerprint density at radius 3 is 2.58 bits per heavy atom. The van der Waals surface area contributed by atoms with Gasteiger partial charge in [-0.1, -0.05) is 24.3 Å². The van der Waals surface area contributed by atoms with Crippen molar-refractivity contribution < 1.29 is 4.55 Å². The Morgan fingerprint density at radius 1 is 1.21 bits per heavy atom. The van der Waals surface area contributed by atoms with E-state index in [0.717, 1.165) is 16.5 Å². The van der Waals surface area contributed by atoms with Gasteiger partial charge in [0.25, 0.3) is 0 Å². The highest BCUT2D eigenvalue weighted by atomic mass is 32.2. The number of nitrogens with one attached hydrogen (secondary N) is 1. The lowest BCUT2D eigenvalue weighted by Gasteiger charge is -2.26.